The third-order valence-corrected chi connectivity index (χ3v) is 3.33. The Bertz CT molecular complexity index is 337. The van der Waals surface area contributed by atoms with Crippen molar-refractivity contribution >= 4 is 0 Å². The molecule has 0 radical (unpaired) electrons. The Balaban J connectivity index is 1.64. The molecule has 0 saturated carbocycles. The van der Waals surface area contributed by atoms with E-state index in [0.29, 0.717) is 12.4 Å². The van der Waals surface area contributed by atoms with Gasteiger partial charge in [0.2, 0.25) is 0 Å². The van der Waals surface area contributed by atoms with Crippen molar-refractivity contribution in [2.75, 3.05) is 26.2 Å². The van der Waals surface area contributed by atoms with Crippen LogP contribution in [0.4, 0.5) is 4.39 Å². The van der Waals surface area contributed by atoms with Gasteiger partial charge in [-0.25, -0.2) is 4.39 Å². The van der Waals surface area contributed by atoms with E-state index in [1.54, 1.807) is 23.1 Å². The van der Waals surface area contributed by atoms with Gasteiger partial charge in [0.1, 0.15) is 0 Å². The summed E-state index contributed by atoms with van der Waals surface area (Å²) in [6, 6.07) is 6.60. The molecule has 94 valence electrons. The van der Waals surface area contributed by atoms with E-state index in [4.69, 9.17) is 4.74 Å². The van der Waals surface area contributed by atoms with Crippen molar-refractivity contribution in [1.82, 2.24) is 0 Å². The third kappa shape index (κ3) is 4.00. The molecule has 1 aromatic rings. The first-order valence-corrected chi connectivity index (χ1v) is 6.57. The maximum Gasteiger partial charge on any atom is 0.165 e. The molecule has 0 spiro atoms. The average Bonchev–Trinajstić information content (AvgIpc) is 2.38. The lowest BCUT2D eigenvalue weighted by atomic mass is 10.1. The monoisotopic (exact) mass is 238 g/mol. The van der Waals surface area contributed by atoms with Crippen molar-refractivity contribution in [1.29, 1.82) is 0 Å². The Morgan fingerprint density at radius 3 is 2.65 bits per heavy atom. The van der Waals surface area contributed by atoms with Gasteiger partial charge in [-0.1, -0.05) is 12.1 Å². The van der Waals surface area contributed by atoms with Crippen LogP contribution in [-0.2, 0) is 0 Å². The Morgan fingerprint density at radius 2 is 1.88 bits per heavy atom. The average molecular weight is 238 g/mol. The number of piperidine rings is 1. The smallest absolute Gasteiger partial charge is 0.165 e. The minimum absolute atomic E-state index is 0.266. The largest absolute Gasteiger partial charge is 0.490 e. The van der Waals surface area contributed by atoms with E-state index in [2.05, 4.69) is 0 Å². The molecular formula is C14H21FNO+. The van der Waals surface area contributed by atoms with Gasteiger partial charge >= 0.3 is 0 Å². The molecule has 1 aliphatic rings. The number of hydrogen-bond donors (Lipinski definition) is 1. The molecule has 1 fully saturated rings. The third-order valence-electron chi connectivity index (χ3n) is 3.33. The standard InChI is InChI=1S/C14H20FNO/c15-13-7-2-3-8-14(13)17-12-6-11-16-9-4-1-5-10-16/h2-3,7-8H,1,4-6,9-12H2/p+1. The highest BCUT2D eigenvalue weighted by atomic mass is 19.1. The number of nitrogens with one attached hydrogen (secondary N) is 1. The zero-order valence-corrected chi connectivity index (χ0v) is 10.3. The van der Waals surface area contributed by atoms with Crippen molar-refractivity contribution in [2.24, 2.45) is 0 Å². The fourth-order valence-corrected chi connectivity index (χ4v) is 2.37. The van der Waals surface area contributed by atoms with Gasteiger partial charge in [0.25, 0.3) is 0 Å². The van der Waals surface area contributed by atoms with Crippen LogP contribution in [0, 0.1) is 5.82 Å². The number of quaternary nitrogens is 1. The first-order chi connectivity index (χ1) is 8.36. The molecule has 0 aromatic heterocycles. The van der Waals surface area contributed by atoms with Gasteiger partial charge in [-0.3, -0.25) is 0 Å². The predicted molar refractivity (Wildman–Crippen MR) is 65.9 cm³/mol. The van der Waals surface area contributed by atoms with Crippen LogP contribution in [-0.4, -0.2) is 26.2 Å². The number of benzene rings is 1. The maximum atomic E-state index is 13.2. The van der Waals surface area contributed by atoms with Crippen LogP contribution in [0.3, 0.4) is 0 Å². The van der Waals surface area contributed by atoms with Gasteiger partial charge in [-0.2, -0.15) is 0 Å². The first-order valence-electron chi connectivity index (χ1n) is 6.57. The molecular weight excluding hydrogens is 217 g/mol. The molecule has 1 saturated heterocycles. The van der Waals surface area contributed by atoms with E-state index in [9.17, 15) is 4.39 Å². The molecule has 0 bridgehead atoms. The van der Waals surface area contributed by atoms with Crippen LogP contribution < -0.4 is 9.64 Å². The summed E-state index contributed by atoms with van der Waals surface area (Å²) in [5.74, 6) is 0.110. The normalized spacial score (nSPS) is 17.0. The second-order valence-electron chi connectivity index (χ2n) is 4.69. The summed E-state index contributed by atoms with van der Waals surface area (Å²) >= 11 is 0. The van der Waals surface area contributed by atoms with Gasteiger partial charge in [0, 0.05) is 6.42 Å². The number of para-hydroxylation sites is 1. The van der Waals surface area contributed by atoms with E-state index in [1.165, 1.54) is 38.4 Å². The lowest BCUT2D eigenvalue weighted by Crippen LogP contribution is -3.12. The predicted octanol–water partition coefficient (Wildman–Crippen LogP) is 1.66. The summed E-state index contributed by atoms with van der Waals surface area (Å²) in [6.45, 7) is 4.35. The molecule has 0 aliphatic carbocycles. The molecule has 0 atom stereocenters. The topological polar surface area (TPSA) is 13.7 Å². The van der Waals surface area contributed by atoms with Crippen LogP contribution in [0.2, 0.25) is 0 Å². The number of ether oxygens (including phenoxy) is 1. The SMILES string of the molecule is Fc1ccccc1OCCC[NH+]1CCCCC1. The van der Waals surface area contributed by atoms with Gasteiger partial charge in [0.05, 0.1) is 26.2 Å². The zero-order valence-electron chi connectivity index (χ0n) is 10.3. The van der Waals surface area contributed by atoms with Crippen molar-refractivity contribution in [3.8, 4) is 5.75 Å². The van der Waals surface area contributed by atoms with Gasteiger partial charge in [-0.15, -0.1) is 0 Å². The lowest BCUT2D eigenvalue weighted by Gasteiger charge is -2.23. The number of hydrogen-bond acceptors (Lipinski definition) is 1. The fourth-order valence-electron chi connectivity index (χ4n) is 2.37. The minimum Gasteiger partial charge on any atom is -0.490 e. The summed E-state index contributed by atoms with van der Waals surface area (Å²) in [6.07, 6.45) is 5.09. The van der Waals surface area contributed by atoms with Gasteiger partial charge in [-0.05, 0) is 31.4 Å². The number of likely N-dealkylation sites (tertiary alicyclic amines) is 1. The Hall–Kier alpha value is -1.09. The molecule has 1 heterocycles. The van der Waals surface area contributed by atoms with Crippen LogP contribution in [0.15, 0.2) is 24.3 Å². The van der Waals surface area contributed by atoms with E-state index >= 15 is 0 Å². The molecule has 0 amide bonds. The quantitative estimate of drug-likeness (QED) is 0.770. The summed E-state index contributed by atoms with van der Waals surface area (Å²) in [5, 5.41) is 0. The Morgan fingerprint density at radius 1 is 1.12 bits per heavy atom. The molecule has 0 unspecified atom stereocenters. The highest BCUT2D eigenvalue weighted by molar-refractivity contribution is 5.23. The zero-order chi connectivity index (χ0) is 11.9. The molecule has 1 aromatic carbocycles. The van der Waals surface area contributed by atoms with Crippen LogP contribution in [0.1, 0.15) is 25.7 Å². The molecule has 2 nitrogen and oxygen atoms in total. The summed E-state index contributed by atoms with van der Waals surface area (Å²) in [7, 11) is 0. The molecule has 3 heteroatoms. The number of rotatable bonds is 5. The molecule has 2 rings (SSSR count). The Kier molecular flexibility index (Phi) is 4.80. The highest BCUT2D eigenvalue weighted by Crippen LogP contribution is 2.15. The van der Waals surface area contributed by atoms with E-state index in [0.717, 1.165) is 13.0 Å². The van der Waals surface area contributed by atoms with Crippen LogP contribution >= 0.6 is 0 Å². The van der Waals surface area contributed by atoms with Crippen molar-refractivity contribution in [2.45, 2.75) is 25.7 Å². The maximum absolute atomic E-state index is 13.2. The summed E-state index contributed by atoms with van der Waals surface area (Å²) < 4.78 is 18.7. The highest BCUT2D eigenvalue weighted by Gasteiger charge is 2.12. The fraction of sp³-hybridized carbons (Fsp3) is 0.571. The molecule has 17 heavy (non-hydrogen) atoms. The summed E-state index contributed by atoms with van der Waals surface area (Å²) in [4.78, 5) is 1.67. The molecule has 1 N–H and O–H groups in total. The van der Waals surface area contributed by atoms with E-state index < -0.39 is 0 Å². The first kappa shape index (κ1) is 12.4. The lowest BCUT2D eigenvalue weighted by molar-refractivity contribution is -0.905. The van der Waals surface area contributed by atoms with E-state index in [-0.39, 0.29) is 5.82 Å². The van der Waals surface area contributed by atoms with Crippen LogP contribution in [0.25, 0.3) is 0 Å². The second kappa shape index (κ2) is 6.60. The van der Waals surface area contributed by atoms with Crippen molar-refractivity contribution in [3.05, 3.63) is 30.1 Å². The minimum atomic E-state index is -0.266. The van der Waals surface area contributed by atoms with E-state index in [1.807, 2.05) is 0 Å². The number of halogens is 1. The van der Waals surface area contributed by atoms with Gasteiger partial charge < -0.3 is 9.64 Å². The molecule has 1 aliphatic heterocycles. The van der Waals surface area contributed by atoms with Crippen LogP contribution in [0.5, 0.6) is 5.75 Å². The van der Waals surface area contributed by atoms with Gasteiger partial charge in [0.15, 0.2) is 11.6 Å². The van der Waals surface area contributed by atoms with Crippen molar-refractivity contribution in [3.63, 3.8) is 0 Å². The second-order valence-corrected chi connectivity index (χ2v) is 4.69. The van der Waals surface area contributed by atoms with Crippen molar-refractivity contribution < 1.29 is 14.0 Å². The Labute approximate surface area is 102 Å². The summed E-state index contributed by atoms with van der Waals surface area (Å²) in [5.41, 5.74) is 0.